The van der Waals surface area contributed by atoms with Gasteiger partial charge in [-0.3, -0.25) is 0 Å². The van der Waals surface area contributed by atoms with E-state index < -0.39 is 0 Å². The van der Waals surface area contributed by atoms with Gasteiger partial charge in [-0.2, -0.15) is 4.57 Å². The van der Waals surface area contributed by atoms with Crippen LogP contribution in [0.25, 0.3) is 32.8 Å². The van der Waals surface area contributed by atoms with E-state index >= 15 is 0 Å². The Morgan fingerprint density at radius 1 is 1.00 bits per heavy atom. The van der Waals surface area contributed by atoms with Crippen LogP contribution in [0.4, 0.5) is 0 Å². The quantitative estimate of drug-likeness (QED) is 0.323. The fourth-order valence-corrected chi connectivity index (χ4v) is 5.73. The number of fused-ring (bicyclic) bond motifs is 4. The van der Waals surface area contributed by atoms with Gasteiger partial charge in [-0.25, -0.2) is 0 Å². The lowest BCUT2D eigenvalue weighted by Gasteiger charge is -2.21. The van der Waals surface area contributed by atoms with E-state index in [9.17, 15) is 0 Å². The van der Waals surface area contributed by atoms with Crippen LogP contribution in [0.3, 0.4) is 0 Å². The van der Waals surface area contributed by atoms with Gasteiger partial charge in [-0.05, 0) is 54.0 Å². The molecule has 0 spiro atoms. The summed E-state index contributed by atoms with van der Waals surface area (Å²) in [5, 5.41) is 5.45. The molecule has 0 saturated heterocycles. The fraction of sp³-hybridized carbons (Fsp3) is 0.240. The van der Waals surface area contributed by atoms with Crippen molar-refractivity contribution >= 4 is 33.3 Å². The Bertz CT molecular complexity index is 1220. The molecule has 1 aliphatic rings. The minimum absolute atomic E-state index is 0.669. The van der Waals surface area contributed by atoms with Gasteiger partial charge in [0.05, 0.1) is 10.5 Å². The van der Waals surface area contributed by atoms with Crippen LogP contribution in [0.15, 0.2) is 64.5 Å². The van der Waals surface area contributed by atoms with Gasteiger partial charge in [0, 0.05) is 21.1 Å². The van der Waals surface area contributed by atoms with Crippen molar-refractivity contribution < 1.29 is 4.57 Å². The van der Waals surface area contributed by atoms with Crippen molar-refractivity contribution in [2.24, 2.45) is 13.0 Å². The third kappa shape index (κ3) is 2.58. The molecular formula is C25H24NS+. The standard InChI is InChI=1S/C25H24NS/c1-15(2)12-17-9-11-19-14-26(4)24-22-16(3)8-10-18-6-5-7-21(23(18)22)27-25(24)20(19)13-17/h5-11,13-15H,12H2,1-4H3/q+1. The average Bonchev–Trinajstić information content (AvgIpc) is 2.64. The molecule has 0 radical (unpaired) electrons. The lowest BCUT2D eigenvalue weighted by molar-refractivity contribution is -0.660. The number of nitrogens with zero attached hydrogens (tertiary/aromatic N) is 1. The summed E-state index contributed by atoms with van der Waals surface area (Å²) >= 11 is 1.93. The zero-order chi connectivity index (χ0) is 18.7. The second-order valence-electron chi connectivity index (χ2n) is 8.15. The largest absolute Gasteiger partial charge is 0.227 e. The monoisotopic (exact) mass is 370 g/mol. The zero-order valence-electron chi connectivity index (χ0n) is 16.3. The zero-order valence-corrected chi connectivity index (χ0v) is 17.2. The fourth-order valence-electron chi connectivity index (χ4n) is 4.42. The first-order chi connectivity index (χ1) is 13.0. The number of hydrogen-bond acceptors (Lipinski definition) is 1. The first kappa shape index (κ1) is 16.8. The van der Waals surface area contributed by atoms with Crippen LogP contribution in [0.5, 0.6) is 0 Å². The minimum atomic E-state index is 0.669. The maximum Gasteiger partial charge on any atom is 0.227 e. The molecule has 0 unspecified atom stereocenters. The molecule has 0 bridgehead atoms. The van der Waals surface area contributed by atoms with Crippen molar-refractivity contribution in [3.8, 4) is 11.3 Å². The van der Waals surface area contributed by atoms with Crippen molar-refractivity contribution in [3.63, 3.8) is 0 Å². The van der Waals surface area contributed by atoms with Crippen molar-refractivity contribution in [2.75, 3.05) is 0 Å². The highest BCUT2D eigenvalue weighted by molar-refractivity contribution is 8.00. The van der Waals surface area contributed by atoms with Gasteiger partial charge in [0.15, 0.2) is 6.20 Å². The van der Waals surface area contributed by atoms with Gasteiger partial charge in [0.1, 0.15) is 7.05 Å². The maximum absolute atomic E-state index is 2.42. The van der Waals surface area contributed by atoms with Gasteiger partial charge in [-0.1, -0.05) is 55.9 Å². The predicted molar refractivity (Wildman–Crippen MR) is 115 cm³/mol. The lowest BCUT2D eigenvalue weighted by atomic mass is 9.94. The Morgan fingerprint density at radius 3 is 2.63 bits per heavy atom. The lowest BCUT2D eigenvalue weighted by Crippen LogP contribution is -2.32. The molecule has 0 atom stereocenters. The molecule has 1 aliphatic heterocycles. The second-order valence-corrected chi connectivity index (χ2v) is 9.20. The Balaban J connectivity index is 1.88. The highest BCUT2D eigenvalue weighted by Crippen LogP contribution is 2.49. The molecule has 0 N–H and O–H groups in total. The third-order valence-corrected chi connectivity index (χ3v) is 6.75. The van der Waals surface area contributed by atoms with Crippen LogP contribution >= 0.6 is 11.8 Å². The van der Waals surface area contributed by atoms with Crippen LogP contribution in [0.2, 0.25) is 0 Å². The summed E-state index contributed by atoms with van der Waals surface area (Å²) in [5.74, 6) is 0.669. The molecule has 134 valence electrons. The van der Waals surface area contributed by atoms with Gasteiger partial charge >= 0.3 is 0 Å². The van der Waals surface area contributed by atoms with E-state index in [-0.39, 0.29) is 0 Å². The predicted octanol–water partition coefficient (Wildman–Crippen LogP) is 6.46. The molecule has 5 rings (SSSR count). The molecule has 2 heterocycles. The van der Waals surface area contributed by atoms with E-state index in [4.69, 9.17) is 0 Å². The molecule has 27 heavy (non-hydrogen) atoms. The summed E-state index contributed by atoms with van der Waals surface area (Å²) in [5.41, 5.74) is 5.54. The van der Waals surface area contributed by atoms with E-state index in [2.05, 4.69) is 87.1 Å². The Labute approximate surface area is 165 Å². The number of hydrogen-bond donors (Lipinski definition) is 0. The third-order valence-electron chi connectivity index (χ3n) is 5.57. The van der Waals surface area contributed by atoms with Crippen molar-refractivity contribution in [3.05, 3.63) is 65.9 Å². The van der Waals surface area contributed by atoms with Gasteiger partial charge in [0.2, 0.25) is 5.69 Å². The first-order valence-electron chi connectivity index (χ1n) is 9.69. The van der Waals surface area contributed by atoms with Gasteiger partial charge in [-0.15, -0.1) is 0 Å². The highest BCUT2D eigenvalue weighted by atomic mass is 32.2. The summed E-state index contributed by atoms with van der Waals surface area (Å²) in [6.07, 6.45) is 3.42. The van der Waals surface area contributed by atoms with Crippen molar-refractivity contribution in [1.82, 2.24) is 0 Å². The van der Waals surface area contributed by atoms with E-state index in [1.54, 1.807) is 0 Å². The number of benzene rings is 3. The summed E-state index contributed by atoms with van der Waals surface area (Å²) in [7, 11) is 2.19. The average molecular weight is 371 g/mol. The second kappa shape index (κ2) is 6.10. The number of aryl methyl sites for hydroxylation is 2. The topological polar surface area (TPSA) is 3.88 Å². The molecule has 0 saturated carbocycles. The summed E-state index contributed by atoms with van der Waals surface area (Å²) in [6.45, 7) is 6.82. The smallest absolute Gasteiger partial charge is 0.199 e. The SMILES string of the molecule is Cc1ccc2cccc3c2c1-c1c(c2cc(CC(C)C)ccc2c[n+]1C)S3. The Morgan fingerprint density at radius 2 is 1.81 bits per heavy atom. The van der Waals surface area contributed by atoms with E-state index in [0.717, 1.165) is 6.42 Å². The molecule has 2 heteroatoms. The van der Waals surface area contributed by atoms with Crippen LogP contribution in [-0.2, 0) is 13.5 Å². The number of pyridine rings is 1. The van der Waals surface area contributed by atoms with Gasteiger partial charge < -0.3 is 0 Å². The molecule has 1 aromatic heterocycles. The Kier molecular flexibility index (Phi) is 3.80. The van der Waals surface area contributed by atoms with Crippen LogP contribution in [-0.4, -0.2) is 0 Å². The van der Waals surface area contributed by atoms with Gasteiger partial charge in [0.25, 0.3) is 0 Å². The first-order valence-corrected chi connectivity index (χ1v) is 10.5. The van der Waals surface area contributed by atoms with Crippen LogP contribution < -0.4 is 4.57 Å². The van der Waals surface area contributed by atoms with E-state index in [0.29, 0.717) is 5.92 Å². The molecule has 3 aromatic carbocycles. The summed E-state index contributed by atoms with van der Waals surface area (Å²) in [6, 6.07) is 18.2. The summed E-state index contributed by atoms with van der Waals surface area (Å²) in [4.78, 5) is 2.77. The normalized spacial score (nSPS) is 12.8. The maximum atomic E-state index is 2.42. The number of aromatic nitrogens is 1. The van der Waals surface area contributed by atoms with Crippen LogP contribution in [0.1, 0.15) is 25.0 Å². The molecule has 0 amide bonds. The highest BCUT2D eigenvalue weighted by Gasteiger charge is 2.29. The minimum Gasteiger partial charge on any atom is -0.199 e. The summed E-state index contributed by atoms with van der Waals surface area (Å²) < 4.78 is 2.32. The van der Waals surface area contributed by atoms with Crippen LogP contribution in [0, 0.1) is 12.8 Å². The number of rotatable bonds is 2. The van der Waals surface area contributed by atoms with E-state index in [1.165, 1.54) is 53.7 Å². The molecule has 1 nitrogen and oxygen atoms in total. The van der Waals surface area contributed by atoms with Crippen molar-refractivity contribution in [2.45, 2.75) is 37.0 Å². The van der Waals surface area contributed by atoms with E-state index in [1.807, 2.05) is 11.8 Å². The molecule has 0 fully saturated rings. The Hall–Kier alpha value is -2.32. The molecular weight excluding hydrogens is 346 g/mol. The molecule has 4 aromatic rings. The van der Waals surface area contributed by atoms with Crippen molar-refractivity contribution in [1.29, 1.82) is 0 Å². The molecule has 0 aliphatic carbocycles.